The summed E-state index contributed by atoms with van der Waals surface area (Å²) in [4.78, 5) is 0. The van der Waals surface area contributed by atoms with Crippen LogP contribution in [0.4, 0.5) is 0 Å². The minimum atomic E-state index is 0.140. The predicted octanol–water partition coefficient (Wildman–Crippen LogP) is 1.25. The van der Waals surface area contributed by atoms with Crippen LogP contribution in [0, 0.1) is 11.8 Å². The molecule has 0 saturated carbocycles. The van der Waals surface area contributed by atoms with E-state index < -0.39 is 0 Å². The maximum absolute atomic E-state index is 5.76. The molecule has 0 bridgehead atoms. The third-order valence-electron chi connectivity index (χ3n) is 2.93. The fourth-order valence-corrected chi connectivity index (χ4v) is 1.96. The summed E-state index contributed by atoms with van der Waals surface area (Å²) in [5.74, 6) is 1.36. The number of hydrogen-bond acceptors (Lipinski definition) is 4. The molecule has 0 rings (SSSR count). The third-order valence-corrected chi connectivity index (χ3v) is 2.93. The molecule has 0 aliphatic rings. The van der Waals surface area contributed by atoms with Crippen LogP contribution >= 0.6 is 0 Å². The van der Waals surface area contributed by atoms with Gasteiger partial charge in [-0.05, 0) is 37.8 Å². The smallest absolute Gasteiger partial charge is 0.0928 e. The Morgan fingerprint density at radius 3 is 2.41 bits per heavy atom. The minimum Gasteiger partial charge on any atom is -0.382 e. The van der Waals surface area contributed by atoms with Gasteiger partial charge in [-0.2, -0.15) is 0 Å². The first-order valence-corrected chi connectivity index (χ1v) is 6.56. The molecule has 0 aromatic heterocycles. The van der Waals surface area contributed by atoms with E-state index in [2.05, 4.69) is 19.2 Å². The van der Waals surface area contributed by atoms with Gasteiger partial charge in [-0.3, -0.25) is 0 Å². The summed E-state index contributed by atoms with van der Waals surface area (Å²) in [6.07, 6.45) is 2.49. The molecule has 0 saturated heterocycles. The van der Waals surface area contributed by atoms with E-state index >= 15 is 0 Å². The van der Waals surface area contributed by atoms with E-state index in [0.29, 0.717) is 12.5 Å². The molecule has 0 fully saturated rings. The third kappa shape index (κ3) is 9.53. The van der Waals surface area contributed by atoms with Gasteiger partial charge in [0.1, 0.15) is 0 Å². The topological polar surface area (TPSA) is 56.5 Å². The Morgan fingerprint density at radius 1 is 1.24 bits per heavy atom. The summed E-state index contributed by atoms with van der Waals surface area (Å²) < 4.78 is 10.3. The van der Waals surface area contributed by atoms with Crippen LogP contribution in [-0.2, 0) is 9.47 Å². The maximum atomic E-state index is 5.76. The summed E-state index contributed by atoms with van der Waals surface area (Å²) >= 11 is 0. The van der Waals surface area contributed by atoms with Crippen molar-refractivity contribution >= 4 is 0 Å². The van der Waals surface area contributed by atoms with Gasteiger partial charge in [0.15, 0.2) is 0 Å². The van der Waals surface area contributed by atoms with Gasteiger partial charge >= 0.3 is 0 Å². The number of nitrogens with one attached hydrogen (secondary N) is 1. The van der Waals surface area contributed by atoms with Crippen molar-refractivity contribution in [2.75, 3.05) is 40.5 Å². The average Bonchev–Trinajstić information content (AvgIpc) is 2.30. The molecule has 0 aromatic rings. The minimum absolute atomic E-state index is 0.140. The van der Waals surface area contributed by atoms with Gasteiger partial charge in [0.25, 0.3) is 0 Å². The van der Waals surface area contributed by atoms with E-state index in [-0.39, 0.29) is 6.10 Å². The predicted molar refractivity (Wildman–Crippen MR) is 72.2 cm³/mol. The quantitative estimate of drug-likeness (QED) is 0.539. The normalized spacial score (nSPS) is 15.2. The summed E-state index contributed by atoms with van der Waals surface area (Å²) in [5.41, 5.74) is 5.76. The Labute approximate surface area is 106 Å². The van der Waals surface area contributed by atoms with Crippen molar-refractivity contribution in [2.24, 2.45) is 17.6 Å². The highest BCUT2D eigenvalue weighted by Gasteiger charge is 2.10. The molecular weight excluding hydrogens is 216 g/mol. The Hall–Kier alpha value is -0.160. The first-order valence-electron chi connectivity index (χ1n) is 6.56. The molecular formula is C13H30N2O2. The molecule has 2 unspecified atom stereocenters. The largest absolute Gasteiger partial charge is 0.382 e. The van der Waals surface area contributed by atoms with E-state index in [1.165, 1.54) is 6.42 Å². The highest BCUT2D eigenvalue weighted by atomic mass is 16.5. The van der Waals surface area contributed by atoms with Crippen LogP contribution in [0.25, 0.3) is 0 Å². The van der Waals surface area contributed by atoms with Gasteiger partial charge < -0.3 is 20.5 Å². The van der Waals surface area contributed by atoms with Gasteiger partial charge in [-0.25, -0.2) is 0 Å². The SMILES string of the molecule is COCC(CNCCC(CN)CC(C)C)OC. The van der Waals surface area contributed by atoms with Crippen molar-refractivity contribution < 1.29 is 9.47 Å². The van der Waals surface area contributed by atoms with Gasteiger partial charge in [0.05, 0.1) is 12.7 Å². The molecule has 0 heterocycles. The van der Waals surface area contributed by atoms with Crippen molar-refractivity contribution in [3.8, 4) is 0 Å². The molecule has 3 N–H and O–H groups in total. The molecule has 0 aliphatic carbocycles. The second-order valence-corrected chi connectivity index (χ2v) is 5.04. The van der Waals surface area contributed by atoms with E-state index in [0.717, 1.165) is 32.0 Å². The summed E-state index contributed by atoms with van der Waals surface area (Å²) in [6.45, 7) is 7.74. The van der Waals surface area contributed by atoms with Gasteiger partial charge in [0.2, 0.25) is 0 Å². The average molecular weight is 246 g/mol. The summed E-state index contributed by atoms with van der Waals surface area (Å²) in [6, 6.07) is 0. The van der Waals surface area contributed by atoms with Crippen LogP contribution < -0.4 is 11.1 Å². The van der Waals surface area contributed by atoms with E-state index in [1.807, 2.05) is 0 Å². The first kappa shape index (κ1) is 16.8. The molecule has 17 heavy (non-hydrogen) atoms. The Kier molecular flexibility index (Phi) is 10.9. The van der Waals surface area contributed by atoms with Crippen molar-refractivity contribution in [2.45, 2.75) is 32.8 Å². The molecule has 0 radical (unpaired) electrons. The first-order chi connectivity index (χ1) is 8.13. The van der Waals surface area contributed by atoms with Gasteiger partial charge in [0, 0.05) is 20.8 Å². The van der Waals surface area contributed by atoms with E-state index in [1.54, 1.807) is 14.2 Å². The van der Waals surface area contributed by atoms with Crippen LogP contribution in [0.2, 0.25) is 0 Å². The van der Waals surface area contributed by atoms with Crippen LogP contribution in [0.3, 0.4) is 0 Å². The Morgan fingerprint density at radius 2 is 1.94 bits per heavy atom. The Bertz CT molecular complexity index is 165. The lowest BCUT2D eigenvalue weighted by atomic mass is 9.94. The monoisotopic (exact) mass is 246 g/mol. The van der Waals surface area contributed by atoms with Crippen LogP contribution in [-0.4, -0.2) is 46.6 Å². The standard InChI is InChI=1S/C13H30N2O2/c1-11(2)7-12(8-14)5-6-15-9-13(17-4)10-16-3/h11-13,15H,5-10,14H2,1-4H3. The number of ether oxygens (including phenoxy) is 2. The molecule has 2 atom stereocenters. The second-order valence-electron chi connectivity index (χ2n) is 5.04. The number of hydrogen-bond donors (Lipinski definition) is 2. The zero-order valence-corrected chi connectivity index (χ0v) is 11.9. The lowest BCUT2D eigenvalue weighted by Gasteiger charge is -2.19. The van der Waals surface area contributed by atoms with Crippen LogP contribution in [0.15, 0.2) is 0 Å². The zero-order valence-electron chi connectivity index (χ0n) is 11.9. The molecule has 104 valence electrons. The van der Waals surface area contributed by atoms with E-state index in [9.17, 15) is 0 Å². The highest BCUT2D eigenvalue weighted by Crippen LogP contribution is 2.13. The fourth-order valence-electron chi connectivity index (χ4n) is 1.96. The molecule has 0 spiro atoms. The lowest BCUT2D eigenvalue weighted by Crippen LogP contribution is -2.33. The van der Waals surface area contributed by atoms with Crippen molar-refractivity contribution in [3.05, 3.63) is 0 Å². The van der Waals surface area contributed by atoms with Crippen molar-refractivity contribution in [3.63, 3.8) is 0 Å². The molecule has 0 amide bonds. The highest BCUT2D eigenvalue weighted by molar-refractivity contribution is 4.66. The molecule has 0 aromatic carbocycles. The van der Waals surface area contributed by atoms with Gasteiger partial charge in [-0.1, -0.05) is 13.8 Å². The summed E-state index contributed by atoms with van der Waals surface area (Å²) in [5, 5.41) is 3.40. The van der Waals surface area contributed by atoms with E-state index in [4.69, 9.17) is 15.2 Å². The molecule has 0 aliphatic heterocycles. The number of methoxy groups -OCH3 is 2. The van der Waals surface area contributed by atoms with Crippen molar-refractivity contribution in [1.29, 1.82) is 0 Å². The fraction of sp³-hybridized carbons (Fsp3) is 1.00. The Balaban J connectivity index is 3.59. The summed E-state index contributed by atoms with van der Waals surface area (Å²) in [7, 11) is 3.41. The zero-order chi connectivity index (χ0) is 13.1. The lowest BCUT2D eigenvalue weighted by molar-refractivity contribution is 0.0288. The maximum Gasteiger partial charge on any atom is 0.0928 e. The number of rotatable bonds is 11. The molecule has 4 heteroatoms. The number of nitrogens with two attached hydrogens (primary N) is 1. The van der Waals surface area contributed by atoms with Crippen LogP contribution in [0.1, 0.15) is 26.7 Å². The van der Waals surface area contributed by atoms with Crippen LogP contribution in [0.5, 0.6) is 0 Å². The van der Waals surface area contributed by atoms with Gasteiger partial charge in [-0.15, -0.1) is 0 Å². The van der Waals surface area contributed by atoms with Crippen molar-refractivity contribution in [1.82, 2.24) is 5.32 Å². The second kappa shape index (κ2) is 11.0. The molecule has 4 nitrogen and oxygen atoms in total.